The first-order valence-corrected chi connectivity index (χ1v) is 6.96. The third-order valence-electron chi connectivity index (χ3n) is 3.97. The molecule has 0 aliphatic carbocycles. The number of carbonyl (C=O) groups excluding carboxylic acids is 2. The molecule has 0 aromatic carbocycles. The maximum atomic E-state index is 11.9. The molecule has 6 heteroatoms. The molecule has 19 heavy (non-hydrogen) atoms. The summed E-state index contributed by atoms with van der Waals surface area (Å²) in [7, 11) is 0. The van der Waals surface area contributed by atoms with Crippen LogP contribution >= 0.6 is 0 Å². The van der Waals surface area contributed by atoms with Crippen molar-refractivity contribution in [3.05, 3.63) is 0 Å². The highest BCUT2D eigenvalue weighted by Gasteiger charge is 2.30. The van der Waals surface area contributed by atoms with Gasteiger partial charge in [0, 0.05) is 45.9 Å². The molecule has 2 amide bonds. The summed E-state index contributed by atoms with van der Waals surface area (Å²) in [5.74, 6) is -0.883. The fraction of sp³-hybridized carbons (Fsp3) is 0.846. The summed E-state index contributed by atoms with van der Waals surface area (Å²) in [5, 5.41) is 5.94. The Labute approximate surface area is 113 Å². The second-order valence-corrected chi connectivity index (χ2v) is 5.65. The topological polar surface area (TPSA) is 70.7 Å². The highest BCUT2D eigenvalue weighted by atomic mass is 16.5. The van der Waals surface area contributed by atoms with E-state index in [9.17, 15) is 9.59 Å². The van der Waals surface area contributed by atoms with E-state index in [0.717, 1.165) is 39.1 Å². The van der Waals surface area contributed by atoms with E-state index >= 15 is 0 Å². The van der Waals surface area contributed by atoms with Crippen LogP contribution < -0.4 is 10.6 Å². The standard InChI is InChI=1S/C13H23N3O3/c1-13(2-8-19-9-3-13)10-15-11(17)12(18)16-6-4-14-5-7-16/h14H,2-10H2,1H3,(H,15,17). The van der Waals surface area contributed by atoms with E-state index in [0.29, 0.717) is 19.6 Å². The summed E-state index contributed by atoms with van der Waals surface area (Å²) >= 11 is 0. The minimum Gasteiger partial charge on any atom is -0.381 e. The first-order valence-electron chi connectivity index (χ1n) is 6.96. The van der Waals surface area contributed by atoms with E-state index in [1.54, 1.807) is 4.90 Å². The fourth-order valence-corrected chi connectivity index (χ4v) is 2.42. The normalized spacial score (nSPS) is 22.9. The molecular formula is C13H23N3O3. The molecule has 6 nitrogen and oxygen atoms in total. The van der Waals surface area contributed by atoms with Crippen LogP contribution in [0.4, 0.5) is 0 Å². The summed E-state index contributed by atoms with van der Waals surface area (Å²) in [6.45, 7) is 6.88. The van der Waals surface area contributed by atoms with Gasteiger partial charge < -0.3 is 20.3 Å². The van der Waals surface area contributed by atoms with Gasteiger partial charge in [0.05, 0.1) is 0 Å². The van der Waals surface area contributed by atoms with Crippen LogP contribution in [0, 0.1) is 5.41 Å². The summed E-state index contributed by atoms with van der Waals surface area (Å²) in [4.78, 5) is 25.4. The first-order chi connectivity index (χ1) is 9.11. The molecule has 2 rings (SSSR count). The van der Waals surface area contributed by atoms with Crippen LogP contribution in [0.15, 0.2) is 0 Å². The van der Waals surface area contributed by atoms with Crippen molar-refractivity contribution in [3.8, 4) is 0 Å². The molecule has 0 atom stereocenters. The Bertz CT molecular complexity index is 334. The molecule has 2 N–H and O–H groups in total. The van der Waals surface area contributed by atoms with Gasteiger partial charge in [-0.15, -0.1) is 0 Å². The number of hydrogen-bond donors (Lipinski definition) is 2. The number of nitrogens with zero attached hydrogens (tertiary/aromatic N) is 1. The molecule has 2 heterocycles. The average Bonchev–Trinajstić information content (AvgIpc) is 2.46. The molecule has 2 aliphatic rings. The van der Waals surface area contributed by atoms with Gasteiger partial charge in [0.25, 0.3) is 0 Å². The van der Waals surface area contributed by atoms with E-state index in [1.807, 2.05) is 0 Å². The van der Waals surface area contributed by atoms with Crippen molar-refractivity contribution in [1.82, 2.24) is 15.5 Å². The van der Waals surface area contributed by atoms with Crippen LogP contribution in [0.25, 0.3) is 0 Å². The zero-order chi connectivity index (χ0) is 13.7. The van der Waals surface area contributed by atoms with Crippen molar-refractivity contribution in [3.63, 3.8) is 0 Å². The molecule has 2 saturated heterocycles. The van der Waals surface area contributed by atoms with Crippen LogP contribution in [-0.4, -0.2) is 62.7 Å². The van der Waals surface area contributed by atoms with Crippen LogP contribution in [0.1, 0.15) is 19.8 Å². The number of nitrogens with one attached hydrogen (secondary N) is 2. The second kappa shape index (κ2) is 6.34. The molecule has 2 fully saturated rings. The first kappa shape index (κ1) is 14.3. The number of carbonyl (C=O) groups is 2. The number of amides is 2. The smallest absolute Gasteiger partial charge is 0.311 e. The van der Waals surface area contributed by atoms with Gasteiger partial charge in [-0.25, -0.2) is 0 Å². The summed E-state index contributed by atoms with van der Waals surface area (Å²) in [6, 6.07) is 0. The van der Waals surface area contributed by atoms with E-state index < -0.39 is 11.8 Å². The van der Waals surface area contributed by atoms with E-state index in [2.05, 4.69) is 17.6 Å². The predicted molar refractivity (Wildman–Crippen MR) is 70.6 cm³/mol. The fourth-order valence-electron chi connectivity index (χ4n) is 2.42. The van der Waals surface area contributed by atoms with Crippen molar-refractivity contribution < 1.29 is 14.3 Å². The number of ether oxygens (including phenoxy) is 1. The quantitative estimate of drug-likeness (QED) is 0.654. The Kier molecular flexibility index (Phi) is 4.76. The lowest BCUT2D eigenvalue weighted by atomic mass is 9.82. The monoisotopic (exact) mass is 269 g/mol. The summed E-state index contributed by atoms with van der Waals surface area (Å²) in [6.07, 6.45) is 1.85. The number of rotatable bonds is 2. The molecule has 0 aromatic rings. The maximum Gasteiger partial charge on any atom is 0.311 e. The van der Waals surface area contributed by atoms with Crippen LogP contribution in [0.5, 0.6) is 0 Å². The van der Waals surface area contributed by atoms with Gasteiger partial charge >= 0.3 is 11.8 Å². The van der Waals surface area contributed by atoms with Gasteiger partial charge in [-0.05, 0) is 18.3 Å². The number of piperazine rings is 1. The lowest BCUT2D eigenvalue weighted by Crippen LogP contribution is -2.52. The van der Waals surface area contributed by atoms with Crippen LogP contribution in [0.2, 0.25) is 0 Å². The zero-order valence-electron chi connectivity index (χ0n) is 11.5. The molecule has 0 bridgehead atoms. The Morgan fingerprint density at radius 2 is 1.89 bits per heavy atom. The molecule has 0 spiro atoms. The second-order valence-electron chi connectivity index (χ2n) is 5.65. The molecule has 0 aromatic heterocycles. The Balaban J connectivity index is 1.78. The van der Waals surface area contributed by atoms with Crippen molar-refractivity contribution in [1.29, 1.82) is 0 Å². The molecule has 0 saturated carbocycles. The highest BCUT2D eigenvalue weighted by Crippen LogP contribution is 2.28. The summed E-state index contributed by atoms with van der Waals surface area (Å²) in [5.41, 5.74) is 0.0532. The SMILES string of the molecule is CC1(CNC(=O)C(=O)N2CCNCC2)CCOCC1. The Morgan fingerprint density at radius 3 is 2.53 bits per heavy atom. The average molecular weight is 269 g/mol. The number of hydrogen-bond acceptors (Lipinski definition) is 4. The Hall–Kier alpha value is -1.14. The molecule has 2 aliphatic heterocycles. The minimum absolute atomic E-state index is 0.0532. The minimum atomic E-state index is -0.477. The third-order valence-corrected chi connectivity index (χ3v) is 3.97. The van der Waals surface area contributed by atoms with Gasteiger partial charge in [-0.1, -0.05) is 6.92 Å². The van der Waals surface area contributed by atoms with Gasteiger partial charge in [0.1, 0.15) is 0 Å². The van der Waals surface area contributed by atoms with Gasteiger partial charge in [-0.2, -0.15) is 0 Å². The van der Waals surface area contributed by atoms with Gasteiger partial charge in [0.15, 0.2) is 0 Å². The zero-order valence-corrected chi connectivity index (χ0v) is 11.5. The van der Waals surface area contributed by atoms with Crippen molar-refractivity contribution >= 4 is 11.8 Å². The van der Waals surface area contributed by atoms with Crippen molar-refractivity contribution in [2.45, 2.75) is 19.8 Å². The van der Waals surface area contributed by atoms with Gasteiger partial charge in [0.2, 0.25) is 0 Å². The van der Waals surface area contributed by atoms with Crippen molar-refractivity contribution in [2.75, 3.05) is 45.9 Å². The third kappa shape index (κ3) is 3.91. The summed E-state index contributed by atoms with van der Waals surface area (Å²) < 4.78 is 5.32. The highest BCUT2D eigenvalue weighted by molar-refractivity contribution is 6.35. The maximum absolute atomic E-state index is 11.9. The van der Waals surface area contributed by atoms with E-state index in [-0.39, 0.29) is 5.41 Å². The lowest BCUT2D eigenvalue weighted by molar-refractivity contribution is -0.146. The Morgan fingerprint density at radius 1 is 1.26 bits per heavy atom. The predicted octanol–water partition coefficient (Wildman–Crippen LogP) is -0.649. The largest absolute Gasteiger partial charge is 0.381 e. The van der Waals surface area contributed by atoms with Crippen molar-refractivity contribution in [2.24, 2.45) is 5.41 Å². The van der Waals surface area contributed by atoms with Crippen LogP contribution in [-0.2, 0) is 14.3 Å². The van der Waals surface area contributed by atoms with E-state index in [1.165, 1.54) is 0 Å². The molecule has 108 valence electrons. The lowest BCUT2D eigenvalue weighted by Gasteiger charge is -2.34. The van der Waals surface area contributed by atoms with Crippen LogP contribution in [0.3, 0.4) is 0 Å². The molecule has 0 radical (unpaired) electrons. The molecular weight excluding hydrogens is 246 g/mol. The van der Waals surface area contributed by atoms with Gasteiger partial charge in [-0.3, -0.25) is 9.59 Å². The molecule has 0 unspecified atom stereocenters. The van der Waals surface area contributed by atoms with E-state index in [4.69, 9.17) is 4.74 Å².